The van der Waals surface area contributed by atoms with E-state index in [1.165, 1.54) is 0 Å². The molecule has 3 rings (SSSR count). The fourth-order valence-electron chi connectivity index (χ4n) is 4.20. The number of hydrogen-bond acceptors (Lipinski definition) is 4. The highest BCUT2D eigenvalue weighted by Gasteiger charge is 2.48. The summed E-state index contributed by atoms with van der Waals surface area (Å²) in [5.41, 5.74) is -1.59. The molecule has 1 saturated heterocycles. The molecule has 34 heavy (non-hydrogen) atoms. The minimum Gasteiger partial charge on any atom is -0.493 e. The molecule has 2 unspecified atom stereocenters. The number of benzene rings is 1. The number of rotatable bonds is 10. The van der Waals surface area contributed by atoms with E-state index in [4.69, 9.17) is 14.2 Å². The molecule has 1 aliphatic carbocycles. The number of allylic oxidation sites excluding steroid dienone is 1. The molecule has 0 aromatic heterocycles. The zero-order valence-electron chi connectivity index (χ0n) is 19.0. The van der Waals surface area contributed by atoms with Crippen molar-refractivity contribution in [2.45, 2.75) is 76.5 Å². The Labute approximate surface area is 195 Å². The Bertz CT molecular complexity index is 795. The van der Waals surface area contributed by atoms with Crippen LogP contribution in [0.3, 0.4) is 0 Å². The maximum absolute atomic E-state index is 14.6. The number of halogens is 6. The molecule has 1 saturated carbocycles. The van der Waals surface area contributed by atoms with Crippen LogP contribution in [0.1, 0.15) is 57.4 Å². The summed E-state index contributed by atoms with van der Waals surface area (Å²) in [6.45, 7) is 5.05. The first-order valence-electron chi connectivity index (χ1n) is 11.5. The SMILES string of the molecule is C=CC1CCC(OC(F)(F)C2CCC(OC(F)(F)c3c(F)cc(OCCC)cc3F)OC2)CC1. The van der Waals surface area contributed by atoms with Crippen molar-refractivity contribution in [2.75, 3.05) is 13.2 Å². The molecule has 2 fully saturated rings. The monoisotopic (exact) mass is 496 g/mol. The number of alkyl halides is 4. The van der Waals surface area contributed by atoms with Crippen LogP contribution in [-0.4, -0.2) is 31.7 Å². The second kappa shape index (κ2) is 11.3. The summed E-state index contributed by atoms with van der Waals surface area (Å²) in [5.74, 6) is -4.37. The molecular formula is C24H30F6O4. The molecule has 0 N–H and O–H groups in total. The Morgan fingerprint density at radius 3 is 2.18 bits per heavy atom. The van der Waals surface area contributed by atoms with Crippen LogP contribution in [0.5, 0.6) is 5.75 Å². The van der Waals surface area contributed by atoms with E-state index in [-0.39, 0.29) is 25.2 Å². The maximum atomic E-state index is 14.6. The predicted molar refractivity (Wildman–Crippen MR) is 112 cm³/mol. The summed E-state index contributed by atoms with van der Waals surface area (Å²) in [6, 6.07) is 1.28. The second-order valence-corrected chi connectivity index (χ2v) is 8.73. The van der Waals surface area contributed by atoms with Gasteiger partial charge in [-0.3, -0.25) is 4.74 Å². The lowest BCUT2D eigenvalue weighted by Gasteiger charge is -2.37. The van der Waals surface area contributed by atoms with E-state index in [9.17, 15) is 26.3 Å². The van der Waals surface area contributed by atoms with Crippen LogP contribution >= 0.6 is 0 Å². The quantitative estimate of drug-likeness (QED) is 0.260. The number of ether oxygens (including phenoxy) is 4. The molecule has 10 heteroatoms. The Kier molecular flexibility index (Phi) is 8.92. The lowest BCUT2D eigenvalue weighted by molar-refractivity contribution is -0.358. The highest BCUT2D eigenvalue weighted by molar-refractivity contribution is 5.32. The van der Waals surface area contributed by atoms with Gasteiger partial charge in [0.05, 0.1) is 25.2 Å². The molecule has 1 aromatic carbocycles. The zero-order valence-corrected chi connectivity index (χ0v) is 19.0. The second-order valence-electron chi connectivity index (χ2n) is 8.73. The van der Waals surface area contributed by atoms with Gasteiger partial charge in [-0.1, -0.05) is 13.0 Å². The topological polar surface area (TPSA) is 36.9 Å². The largest absolute Gasteiger partial charge is 0.493 e. The first-order valence-corrected chi connectivity index (χ1v) is 11.5. The third-order valence-electron chi connectivity index (χ3n) is 6.14. The van der Waals surface area contributed by atoms with Crippen molar-refractivity contribution in [3.8, 4) is 5.75 Å². The van der Waals surface area contributed by atoms with Crippen LogP contribution < -0.4 is 4.74 Å². The molecule has 1 heterocycles. The molecule has 4 nitrogen and oxygen atoms in total. The van der Waals surface area contributed by atoms with Gasteiger partial charge in [0.1, 0.15) is 22.9 Å². The van der Waals surface area contributed by atoms with Gasteiger partial charge in [-0.15, -0.1) is 6.58 Å². The Morgan fingerprint density at radius 1 is 1.00 bits per heavy atom. The van der Waals surface area contributed by atoms with Gasteiger partial charge in [-0.2, -0.15) is 17.6 Å². The van der Waals surface area contributed by atoms with Crippen LogP contribution in [0.15, 0.2) is 24.8 Å². The molecule has 1 aliphatic heterocycles. The predicted octanol–water partition coefficient (Wildman–Crippen LogP) is 6.93. The lowest BCUT2D eigenvalue weighted by atomic mass is 9.87. The first kappa shape index (κ1) is 26.8. The van der Waals surface area contributed by atoms with E-state index < -0.39 is 54.3 Å². The van der Waals surface area contributed by atoms with Gasteiger partial charge in [0.15, 0.2) is 6.29 Å². The molecule has 0 spiro atoms. The molecule has 2 atom stereocenters. The highest BCUT2D eigenvalue weighted by Crippen LogP contribution is 2.41. The van der Waals surface area contributed by atoms with Crippen molar-refractivity contribution in [1.29, 1.82) is 0 Å². The third-order valence-corrected chi connectivity index (χ3v) is 6.14. The zero-order chi connectivity index (χ0) is 24.9. The fourth-order valence-corrected chi connectivity index (χ4v) is 4.20. The van der Waals surface area contributed by atoms with E-state index >= 15 is 0 Å². The van der Waals surface area contributed by atoms with Gasteiger partial charge in [-0.05, 0) is 50.9 Å². The molecular weight excluding hydrogens is 466 g/mol. The van der Waals surface area contributed by atoms with Crippen molar-refractivity contribution >= 4 is 0 Å². The van der Waals surface area contributed by atoms with Crippen LogP contribution in [0.4, 0.5) is 26.3 Å². The summed E-state index contributed by atoms with van der Waals surface area (Å²) in [5, 5.41) is 0. The Morgan fingerprint density at radius 2 is 1.65 bits per heavy atom. The highest BCUT2D eigenvalue weighted by atomic mass is 19.3. The van der Waals surface area contributed by atoms with Gasteiger partial charge in [0.25, 0.3) is 0 Å². The minimum absolute atomic E-state index is 0.159. The van der Waals surface area contributed by atoms with Crippen molar-refractivity contribution in [3.05, 3.63) is 42.0 Å². The molecule has 0 radical (unpaired) electrons. The van der Waals surface area contributed by atoms with Gasteiger partial charge in [0.2, 0.25) is 0 Å². The lowest BCUT2D eigenvalue weighted by Crippen LogP contribution is -2.44. The normalized spacial score (nSPS) is 26.3. The van der Waals surface area contributed by atoms with Crippen molar-refractivity contribution < 1.29 is 45.3 Å². The standard InChI is InChI=1S/C24H30F6O4/c1-3-11-31-18-12-19(25)22(20(26)13-18)24(29,30)34-21-10-7-16(14-32-21)23(27,28)33-17-8-5-15(4-2)6-9-17/h4,12-13,15-17,21H,2-3,5-11,14H2,1H3. The summed E-state index contributed by atoms with van der Waals surface area (Å²) in [6.07, 6.45) is -5.84. The van der Waals surface area contributed by atoms with E-state index in [1.54, 1.807) is 6.92 Å². The van der Waals surface area contributed by atoms with Gasteiger partial charge in [-0.25, -0.2) is 8.78 Å². The Balaban J connectivity index is 1.55. The average Bonchev–Trinajstić information content (AvgIpc) is 2.77. The van der Waals surface area contributed by atoms with Gasteiger partial charge >= 0.3 is 12.2 Å². The molecule has 0 amide bonds. The molecule has 0 bridgehead atoms. The van der Waals surface area contributed by atoms with E-state index in [0.717, 1.165) is 12.8 Å². The van der Waals surface area contributed by atoms with Crippen LogP contribution in [0, 0.1) is 23.5 Å². The fraction of sp³-hybridized carbons (Fsp3) is 0.667. The van der Waals surface area contributed by atoms with E-state index in [0.29, 0.717) is 37.3 Å². The Hall–Kier alpha value is -1.78. The third kappa shape index (κ3) is 6.66. The average molecular weight is 496 g/mol. The molecule has 192 valence electrons. The van der Waals surface area contributed by atoms with Gasteiger partial charge in [0, 0.05) is 12.1 Å². The first-order chi connectivity index (χ1) is 16.1. The summed E-state index contributed by atoms with van der Waals surface area (Å²) in [4.78, 5) is 0. The van der Waals surface area contributed by atoms with Gasteiger partial charge < -0.3 is 14.2 Å². The van der Waals surface area contributed by atoms with Crippen LogP contribution in [0.2, 0.25) is 0 Å². The molecule has 1 aromatic rings. The van der Waals surface area contributed by atoms with E-state index in [1.807, 2.05) is 6.08 Å². The van der Waals surface area contributed by atoms with Crippen LogP contribution in [-0.2, 0) is 20.3 Å². The van der Waals surface area contributed by atoms with E-state index in [2.05, 4.69) is 11.3 Å². The summed E-state index contributed by atoms with van der Waals surface area (Å²) >= 11 is 0. The van der Waals surface area contributed by atoms with Crippen molar-refractivity contribution in [3.63, 3.8) is 0 Å². The maximum Gasteiger partial charge on any atom is 0.391 e. The summed E-state index contributed by atoms with van der Waals surface area (Å²) in [7, 11) is 0. The summed E-state index contributed by atoms with van der Waals surface area (Å²) < 4.78 is 106. The van der Waals surface area contributed by atoms with Crippen molar-refractivity contribution in [2.24, 2.45) is 11.8 Å². The molecule has 2 aliphatic rings. The minimum atomic E-state index is -4.38. The van der Waals surface area contributed by atoms with Crippen molar-refractivity contribution in [1.82, 2.24) is 0 Å². The van der Waals surface area contributed by atoms with Crippen LogP contribution in [0.25, 0.3) is 0 Å². The smallest absolute Gasteiger partial charge is 0.391 e. The number of hydrogen-bond donors (Lipinski definition) is 0.